The molecule has 1 aromatic carbocycles. The highest BCUT2D eigenvalue weighted by Gasteiger charge is 2.13. The van der Waals surface area contributed by atoms with Crippen molar-refractivity contribution in [3.8, 4) is 5.75 Å². The van der Waals surface area contributed by atoms with Crippen LogP contribution in [-0.4, -0.2) is 37.7 Å². The summed E-state index contributed by atoms with van der Waals surface area (Å²) < 4.78 is 10.8. The maximum atomic E-state index is 11.5. The molecule has 0 saturated carbocycles. The second-order valence-corrected chi connectivity index (χ2v) is 5.71. The molecule has 9 heteroatoms. The van der Waals surface area contributed by atoms with Gasteiger partial charge in [0.15, 0.2) is 13.2 Å². The first-order chi connectivity index (χ1) is 10.8. The predicted octanol–water partition coefficient (Wildman–Crippen LogP) is 2.18. The molecule has 0 radical (unpaired) electrons. The number of halogens is 2. The van der Waals surface area contributed by atoms with Crippen LogP contribution in [0.15, 0.2) is 16.6 Å². The van der Waals surface area contributed by atoms with Crippen LogP contribution in [-0.2, 0) is 14.3 Å². The third kappa shape index (κ3) is 6.87. The topological polar surface area (TPSA) is 93.7 Å². The largest absolute Gasteiger partial charge is 0.480 e. The second-order valence-electron chi connectivity index (χ2n) is 4.39. The van der Waals surface area contributed by atoms with Gasteiger partial charge in [0.05, 0.1) is 5.02 Å². The van der Waals surface area contributed by atoms with Crippen LogP contribution in [0.25, 0.3) is 0 Å². The molecule has 0 bridgehead atoms. The van der Waals surface area contributed by atoms with Gasteiger partial charge in [-0.1, -0.05) is 27.5 Å². The minimum Gasteiger partial charge on any atom is -0.480 e. The van der Waals surface area contributed by atoms with Crippen molar-refractivity contribution in [1.29, 1.82) is 0 Å². The molecule has 23 heavy (non-hydrogen) atoms. The Bertz CT molecular complexity index is 586. The minimum atomic E-state index is -0.755. The Hall–Kier alpha value is -1.80. The lowest BCUT2D eigenvalue weighted by Gasteiger charge is -2.11. The van der Waals surface area contributed by atoms with Crippen LogP contribution in [0.5, 0.6) is 5.75 Å². The van der Waals surface area contributed by atoms with Crippen LogP contribution >= 0.6 is 27.5 Å². The number of imide groups is 1. The summed E-state index contributed by atoms with van der Waals surface area (Å²) in [4.78, 5) is 34.0. The summed E-state index contributed by atoms with van der Waals surface area (Å²) in [6.07, 6.45) is 0. The average Bonchev–Trinajstić information content (AvgIpc) is 2.44. The summed E-state index contributed by atoms with van der Waals surface area (Å²) in [5.74, 6) is -1.13. The lowest BCUT2D eigenvalue weighted by atomic mass is 10.2. The van der Waals surface area contributed by atoms with E-state index in [1.165, 1.54) is 0 Å². The van der Waals surface area contributed by atoms with Crippen molar-refractivity contribution in [3.05, 3.63) is 27.2 Å². The fourth-order valence-electron chi connectivity index (χ4n) is 1.56. The van der Waals surface area contributed by atoms with Crippen molar-refractivity contribution < 1.29 is 23.9 Å². The lowest BCUT2D eigenvalue weighted by Crippen LogP contribution is -2.41. The number of nitrogens with one attached hydrogen (secondary N) is 2. The monoisotopic (exact) mass is 406 g/mol. The van der Waals surface area contributed by atoms with Crippen LogP contribution in [0.1, 0.15) is 12.5 Å². The van der Waals surface area contributed by atoms with E-state index in [-0.39, 0.29) is 0 Å². The quantitative estimate of drug-likeness (QED) is 0.705. The first-order valence-corrected chi connectivity index (χ1v) is 7.82. The number of carbonyl (C=O) groups excluding carboxylic acids is 3. The van der Waals surface area contributed by atoms with E-state index < -0.39 is 31.1 Å². The van der Waals surface area contributed by atoms with Gasteiger partial charge < -0.3 is 14.8 Å². The van der Waals surface area contributed by atoms with Crippen LogP contribution in [0.3, 0.4) is 0 Å². The van der Waals surface area contributed by atoms with Gasteiger partial charge in [-0.2, -0.15) is 0 Å². The smallest absolute Gasteiger partial charge is 0.344 e. The maximum Gasteiger partial charge on any atom is 0.344 e. The zero-order chi connectivity index (χ0) is 17.4. The van der Waals surface area contributed by atoms with Crippen molar-refractivity contribution >= 4 is 45.4 Å². The number of rotatable bonds is 6. The minimum absolute atomic E-state index is 0.346. The van der Waals surface area contributed by atoms with Crippen molar-refractivity contribution in [1.82, 2.24) is 10.6 Å². The van der Waals surface area contributed by atoms with Gasteiger partial charge in [-0.3, -0.25) is 10.1 Å². The van der Waals surface area contributed by atoms with E-state index in [0.717, 1.165) is 10.0 Å². The molecule has 0 heterocycles. The summed E-state index contributed by atoms with van der Waals surface area (Å²) in [6, 6.07) is 2.77. The highest BCUT2D eigenvalue weighted by atomic mass is 79.9. The number of hydrogen-bond donors (Lipinski definition) is 2. The number of ether oxygens (including phenoxy) is 2. The Kier molecular flexibility index (Phi) is 7.84. The van der Waals surface area contributed by atoms with E-state index in [1.54, 1.807) is 26.0 Å². The van der Waals surface area contributed by atoms with E-state index in [2.05, 4.69) is 21.2 Å². The molecule has 0 aliphatic heterocycles. The Labute approximate surface area is 146 Å². The fraction of sp³-hybridized carbons (Fsp3) is 0.357. The number of urea groups is 1. The second kappa shape index (κ2) is 9.36. The Morgan fingerprint density at radius 2 is 1.96 bits per heavy atom. The third-order valence-corrected chi connectivity index (χ3v) is 3.22. The molecule has 0 aliphatic carbocycles. The van der Waals surface area contributed by atoms with Crippen molar-refractivity contribution in [3.63, 3.8) is 0 Å². The van der Waals surface area contributed by atoms with Gasteiger partial charge >= 0.3 is 12.0 Å². The number of aryl methyl sites for hydroxylation is 1. The van der Waals surface area contributed by atoms with Crippen LogP contribution in [0, 0.1) is 6.92 Å². The van der Waals surface area contributed by atoms with Crippen LogP contribution in [0.2, 0.25) is 5.02 Å². The Morgan fingerprint density at radius 1 is 1.26 bits per heavy atom. The average molecular weight is 408 g/mol. The SMILES string of the molecule is CCNC(=O)NC(=O)COC(=O)COc1c(C)cc(Br)cc1Cl. The van der Waals surface area contributed by atoms with E-state index in [0.29, 0.717) is 17.3 Å². The maximum absolute atomic E-state index is 11.5. The lowest BCUT2D eigenvalue weighted by molar-refractivity contribution is -0.150. The summed E-state index contributed by atoms with van der Waals surface area (Å²) in [7, 11) is 0. The fourth-order valence-corrected chi connectivity index (χ4v) is 2.58. The van der Waals surface area contributed by atoms with E-state index >= 15 is 0 Å². The third-order valence-electron chi connectivity index (χ3n) is 2.48. The molecule has 0 unspecified atom stereocenters. The number of benzene rings is 1. The van der Waals surface area contributed by atoms with Gasteiger partial charge in [-0.25, -0.2) is 9.59 Å². The molecule has 1 aromatic rings. The molecule has 0 fully saturated rings. The molecule has 0 aromatic heterocycles. The zero-order valence-electron chi connectivity index (χ0n) is 12.6. The molecule has 126 valence electrons. The van der Waals surface area contributed by atoms with Gasteiger partial charge in [0, 0.05) is 11.0 Å². The highest BCUT2D eigenvalue weighted by molar-refractivity contribution is 9.10. The van der Waals surface area contributed by atoms with Crippen molar-refractivity contribution in [2.24, 2.45) is 0 Å². The van der Waals surface area contributed by atoms with Crippen LogP contribution in [0.4, 0.5) is 4.79 Å². The normalized spacial score (nSPS) is 9.91. The predicted molar refractivity (Wildman–Crippen MR) is 87.6 cm³/mol. The first kappa shape index (κ1) is 19.2. The molecule has 0 saturated heterocycles. The first-order valence-electron chi connectivity index (χ1n) is 6.65. The number of hydrogen-bond acceptors (Lipinski definition) is 5. The molecule has 2 N–H and O–H groups in total. The molecular weight excluding hydrogens is 392 g/mol. The van der Waals surface area contributed by atoms with Gasteiger partial charge in [0.25, 0.3) is 5.91 Å². The van der Waals surface area contributed by atoms with Crippen molar-refractivity contribution in [2.45, 2.75) is 13.8 Å². The Balaban J connectivity index is 2.41. The van der Waals surface area contributed by atoms with Crippen molar-refractivity contribution in [2.75, 3.05) is 19.8 Å². The zero-order valence-corrected chi connectivity index (χ0v) is 14.9. The number of amides is 3. The summed E-state index contributed by atoms with van der Waals surface area (Å²) in [6.45, 7) is 2.87. The molecule has 0 aliphatic rings. The molecular formula is C14H16BrClN2O5. The van der Waals surface area contributed by atoms with Gasteiger partial charge in [0.2, 0.25) is 0 Å². The highest BCUT2D eigenvalue weighted by Crippen LogP contribution is 2.31. The number of esters is 1. The van der Waals surface area contributed by atoms with Gasteiger partial charge in [-0.15, -0.1) is 0 Å². The molecule has 1 rings (SSSR count). The molecule has 0 spiro atoms. The number of carbonyl (C=O) groups is 3. The van der Waals surface area contributed by atoms with E-state index in [9.17, 15) is 14.4 Å². The molecule has 3 amide bonds. The van der Waals surface area contributed by atoms with Crippen LogP contribution < -0.4 is 15.4 Å². The molecule has 0 atom stereocenters. The summed E-state index contributed by atoms with van der Waals surface area (Å²) in [5.41, 5.74) is 0.742. The Morgan fingerprint density at radius 3 is 2.57 bits per heavy atom. The summed E-state index contributed by atoms with van der Waals surface area (Å²) in [5, 5.41) is 4.72. The molecule has 7 nitrogen and oxygen atoms in total. The van der Waals surface area contributed by atoms with E-state index in [4.69, 9.17) is 21.1 Å². The summed E-state index contributed by atoms with van der Waals surface area (Å²) >= 11 is 9.31. The van der Waals surface area contributed by atoms with E-state index in [1.807, 2.05) is 5.32 Å². The van der Waals surface area contributed by atoms with Gasteiger partial charge in [0.1, 0.15) is 5.75 Å². The van der Waals surface area contributed by atoms with Gasteiger partial charge in [-0.05, 0) is 31.5 Å². The standard InChI is InChI=1S/C14H16BrClN2O5/c1-3-17-14(21)18-11(19)6-22-12(20)7-23-13-8(2)4-9(15)5-10(13)16/h4-5H,3,6-7H2,1-2H3,(H2,17,18,19,21).